The predicted octanol–water partition coefficient (Wildman–Crippen LogP) is 1.42. The molecule has 6 atom stereocenters. The molecule has 206 valence electrons. The lowest BCUT2D eigenvalue weighted by Crippen LogP contribution is -2.58. The Morgan fingerprint density at radius 1 is 1.13 bits per heavy atom. The van der Waals surface area contributed by atoms with Crippen LogP contribution < -0.4 is 0 Å². The number of allylic oxidation sites excluding steroid dienone is 1. The molecule has 11 nitrogen and oxygen atoms in total. The molecule has 1 aromatic carbocycles. The van der Waals surface area contributed by atoms with Gasteiger partial charge in [0.2, 0.25) is 5.91 Å². The maximum atomic E-state index is 14.4. The minimum absolute atomic E-state index is 0.112. The van der Waals surface area contributed by atoms with Crippen LogP contribution in [0.5, 0.6) is 0 Å². The van der Waals surface area contributed by atoms with Gasteiger partial charge in [-0.15, -0.1) is 5.10 Å². The highest BCUT2D eigenvalue weighted by Crippen LogP contribution is 2.58. The molecule has 1 N–H and O–H groups in total. The zero-order chi connectivity index (χ0) is 27.4. The molecule has 0 radical (unpaired) electrons. The van der Waals surface area contributed by atoms with Crippen molar-refractivity contribution in [1.29, 1.82) is 0 Å². The first-order chi connectivity index (χ1) is 18.9. The van der Waals surface area contributed by atoms with Gasteiger partial charge in [-0.3, -0.25) is 14.4 Å². The summed E-state index contributed by atoms with van der Waals surface area (Å²) in [6, 6.07) is 5.73. The van der Waals surface area contributed by atoms with E-state index >= 15 is 0 Å². The summed E-state index contributed by atoms with van der Waals surface area (Å²) in [5, 5.41) is 18.5. The lowest BCUT2D eigenvalue weighted by molar-refractivity contribution is -0.163. The van der Waals surface area contributed by atoms with Crippen molar-refractivity contribution < 1.29 is 29.0 Å². The monoisotopic (exact) mass is 535 g/mol. The molecule has 0 bridgehead atoms. The van der Waals surface area contributed by atoms with Crippen LogP contribution in [0, 0.1) is 11.8 Å². The topological polar surface area (TPSA) is 127 Å². The Hall–Kier alpha value is -3.57. The Morgan fingerprint density at radius 2 is 1.95 bits per heavy atom. The largest absolute Gasteiger partial charge is 0.465 e. The second kappa shape index (κ2) is 9.56. The van der Waals surface area contributed by atoms with Crippen LogP contribution >= 0.6 is 0 Å². The zero-order valence-corrected chi connectivity index (χ0v) is 22.1. The molecule has 1 unspecified atom stereocenters. The summed E-state index contributed by atoms with van der Waals surface area (Å²) in [6.45, 7) is 3.88. The number of cyclic esters (lactones) is 1. The molecule has 2 amide bonds. The van der Waals surface area contributed by atoms with Crippen molar-refractivity contribution in [3.8, 4) is 0 Å². The summed E-state index contributed by atoms with van der Waals surface area (Å²) in [6.07, 6.45) is 9.31. The van der Waals surface area contributed by atoms with E-state index in [0.717, 1.165) is 5.52 Å². The third-order valence-corrected chi connectivity index (χ3v) is 8.62. The smallest absolute Gasteiger partial charge is 0.313 e. The first kappa shape index (κ1) is 25.7. The fourth-order valence-corrected chi connectivity index (χ4v) is 6.73. The van der Waals surface area contributed by atoms with Crippen molar-refractivity contribution in [2.24, 2.45) is 11.8 Å². The normalized spacial score (nSPS) is 34.0. The third-order valence-electron chi connectivity index (χ3n) is 8.62. The number of nitrogens with zero attached hydrogens (tertiary/aromatic N) is 5. The lowest BCUT2D eigenvalue weighted by Gasteiger charge is -2.40. The van der Waals surface area contributed by atoms with E-state index in [-0.39, 0.29) is 32.3 Å². The van der Waals surface area contributed by atoms with Gasteiger partial charge in [-0.1, -0.05) is 48.6 Å². The fourth-order valence-electron chi connectivity index (χ4n) is 6.73. The number of aromatic nitrogens is 3. The van der Waals surface area contributed by atoms with Gasteiger partial charge < -0.3 is 24.4 Å². The van der Waals surface area contributed by atoms with E-state index in [1.807, 2.05) is 49.4 Å². The van der Waals surface area contributed by atoms with E-state index < -0.39 is 47.0 Å². The lowest BCUT2D eigenvalue weighted by atomic mass is 9.73. The van der Waals surface area contributed by atoms with Crippen LogP contribution in [0.2, 0.25) is 0 Å². The number of carbonyl (C=O) groups is 3. The molecule has 4 aliphatic heterocycles. The number of fused-ring (bicyclic) bond motifs is 3. The number of hydrogen-bond donors (Lipinski definition) is 1. The predicted molar refractivity (Wildman–Crippen MR) is 139 cm³/mol. The van der Waals surface area contributed by atoms with Crippen molar-refractivity contribution >= 4 is 28.8 Å². The summed E-state index contributed by atoms with van der Waals surface area (Å²) in [5.74, 6) is -3.12. The molecular formula is C28H33N5O6. The van der Waals surface area contributed by atoms with Gasteiger partial charge >= 0.3 is 5.97 Å². The second-order valence-electron chi connectivity index (χ2n) is 10.8. The number of carbonyl (C=O) groups excluding carboxylic acids is 3. The highest BCUT2D eigenvalue weighted by molar-refractivity contribution is 5.99. The minimum atomic E-state index is -1.40. The number of para-hydroxylation sites is 1. The number of aliphatic hydroxyl groups is 1. The van der Waals surface area contributed by atoms with Crippen molar-refractivity contribution in [2.75, 3.05) is 19.8 Å². The standard InChI is InChI=1S/C28H33N5O6/c1-3-27-12-7-4-8-15-38-26(37)22(27)21-24(35)33(18(2)16-34)23-25(36)31(14-9-13-28(21,23)39-27)17-32-20-11-6-5-10-19(20)29-30-32/h5-7,9-13,18,21-23,34H,3-4,8,14-17H2,1-2H3/b12-7-/t18-,21+,22+,23?,27-,28+/m1/s1. The molecular weight excluding hydrogens is 502 g/mol. The molecule has 6 rings (SSSR count). The van der Waals surface area contributed by atoms with Crippen molar-refractivity contribution in [3.63, 3.8) is 0 Å². The number of esters is 1. The SMILES string of the molecule is CC[C@@]12/C=C\CCCOC(=O)[C@@H]1[C@H]1C(=O)N([C@H](C)CO)C3C(=O)N(Cn4nnc5ccccc54)CC=C[C@@]31O2. The van der Waals surface area contributed by atoms with Gasteiger partial charge in [0.25, 0.3) is 5.91 Å². The van der Waals surface area contributed by atoms with E-state index in [1.165, 1.54) is 4.90 Å². The van der Waals surface area contributed by atoms with Crippen molar-refractivity contribution in [2.45, 2.75) is 63.1 Å². The number of aliphatic hydroxyl groups excluding tert-OH is 1. The molecule has 2 saturated heterocycles. The first-order valence-electron chi connectivity index (χ1n) is 13.6. The van der Waals surface area contributed by atoms with Gasteiger partial charge in [0.05, 0.1) is 30.7 Å². The molecule has 11 heteroatoms. The van der Waals surface area contributed by atoms with Crippen LogP contribution in [0.3, 0.4) is 0 Å². The van der Waals surface area contributed by atoms with Gasteiger partial charge in [0.15, 0.2) is 0 Å². The van der Waals surface area contributed by atoms with Gasteiger partial charge in [-0.05, 0) is 38.3 Å². The molecule has 2 fully saturated rings. The number of ether oxygens (including phenoxy) is 2. The Labute approximate surface area is 226 Å². The summed E-state index contributed by atoms with van der Waals surface area (Å²) in [5.41, 5.74) is -1.02. The zero-order valence-electron chi connectivity index (χ0n) is 22.1. The number of rotatable bonds is 5. The Balaban J connectivity index is 1.46. The van der Waals surface area contributed by atoms with Crippen LogP contribution in [0.25, 0.3) is 11.0 Å². The van der Waals surface area contributed by atoms with E-state index in [1.54, 1.807) is 22.6 Å². The molecule has 5 heterocycles. The Kier molecular flexibility index (Phi) is 6.30. The van der Waals surface area contributed by atoms with Crippen LogP contribution in [-0.4, -0.2) is 90.7 Å². The van der Waals surface area contributed by atoms with E-state index in [4.69, 9.17) is 9.47 Å². The number of likely N-dealkylation sites (tertiary alicyclic amines) is 1. The minimum Gasteiger partial charge on any atom is -0.465 e. The summed E-state index contributed by atoms with van der Waals surface area (Å²) >= 11 is 0. The maximum Gasteiger partial charge on any atom is 0.313 e. The molecule has 39 heavy (non-hydrogen) atoms. The summed E-state index contributed by atoms with van der Waals surface area (Å²) < 4.78 is 14.2. The van der Waals surface area contributed by atoms with E-state index in [0.29, 0.717) is 24.8 Å². The second-order valence-corrected chi connectivity index (χ2v) is 10.8. The first-order valence-corrected chi connectivity index (χ1v) is 13.6. The molecule has 4 aliphatic rings. The van der Waals surface area contributed by atoms with E-state index in [9.17, 15) is 19.5 Å². The summed E-state index contributed by atoms with van der Waals surface area (Å²) in [7, 11) is 0. The van der Waals surface area contributed by atoms with Crippen LogP contribution in [0.1, 0.15) is 33.1 Å². The number of amides is 2. The molecule has 0 saturated carbocycles. The van der Waals surface area contributed by atoms with E-state index in [2.05, 4.69) is 10.3 Å². The van der Waals surface area contributed by atoms with Gasteiger partial charge in [0.1, 0.15) is 35.3 Å². The average molecular weight is 536 g/mol. The maximum absolute atomic E-state index is 14.4. The van der Waals surface area contributed by atoms with Crippen molar-refractivity contribution in [1.82, 2.24) is 24.8 Å². The Morgan fingerprint density at radius 3 is 2.74 bits per heavy atom. The highest BCUT2D eigenvalue weighted by atomic mass is 16.6. The van der Waals surface area contributed by atoms with Gasteiger partial charge in [-0.25, -0.2) is 4.68 Å². The highest BCUT2D eigenvalue weighted by Gasteiger charge is 2.75. The van der Waals surface area contributed by atoms with Crippen LogP contribution in [0.4, 0.5) is 0 Å². The average Bonchev–Trinajstić information content (AvgIpc) is 3.53. The quantitative estimate of drug-likeness (QED) is 0.450. The fraction of sp³-hybridized carbons (Fsp3) is 0.536. The van der Waals surface area contributed by atoms with Crippen molar-refractivity contribution in [3.05, 3.63) is 48.6 Å². The number of hydrogen-bond acceptors (Lipinski definition) is 8. The molecule has 0 aliphatic carbocycles. The molecule has 1 spiro atoms. The summed E-state index contributed by atoms with van der Waals surface area (Å²) in [4.78, 5) is 45.2. The number of benzene rings is 1. The van der Waals surface area contributed by atoms with Gasteiger partial charge in [-0.2, -0.15) is 0 Å². The Bertz CT molecular complexity index is 1370. The van der Waals surface area contributed by atoms with Crippen LogP contribution in [-0.2, 0) is 30.5 Å². The third kappa shape index (κ3) is 3.74. The van der Waals surface area contributed by atoms with Gasteiger partial charge in [0, 0.05) is 6.54 Å². The van der Waals surface area contributed by atoms with Crippen LogP contribution in [0.15, 0.2) is 48.6 Å². The molecule has 2 aromatic rings. The molecule has 1 aromatic heterocycles.